The van der Waals surface area contributed by atoms with Gasteiger partial charge in [-0.15, -0.1) is 0 Å². The van der Waals surface area contributed by atoms with Gasteiger partial charge in [-0.25, -0.2) is 8.78 Å². The van der Waals surface area contributed by atoms with Crippen molar-refractivity contribution in [3.05, 3.63) is 59.7 Å². The van der Waals surface area contributed by atoms with E-state index < -0.39 is 23.4 Å². The second kappa shape index (κ2) is 8.23. The van der Waals surface area contributed by atoms with Crippen molar-refractivity contribution in [3.63, 3.8) is 0 Å². The van der Waals surface area contributed by atoms with Crippen LogP contribution in [0.15, 0.2) is 42.5 Å². The molecule has 0 aliphatic heterocycles. The third kappa shape index (κ3) is 5.56. The molecule has 0 bridgehead atoms. The normalized spacial score (nSPS) is 10.4. The molecule has 0 aliphatic rings. The number of amides is 2. The molecule has 7 heteroatoms. The van der Waals surface area contributed by atoms with Gasteiger partial charge in [-0.05, 0) is 50.2 Å². The molecule has 2 aromatic carbocycles. The monoisotopic (exact) mass is 348 g/mol. The molecule has 0 aliphatic carbocycles. The molecule has 25 heavy (non-hydrogen) atoms. The van der Waals surface area contributed by atoms with Crippen molar-refractivity contribution in [1.82, 2.24) is 5.32 Å². The molecule has 0 heterocycles. The molecule has 132 valence electrons. The fourth-order valence-electron chi connectivity index (χ4n) is 2.00. The number of nitrogens with one attached hydrogen (secondary N) is 2. The molecule has 2 N–H and O–H groups in total. The first kappa shape index (κ1) is 18.4. The summed E-state index contributed by atoms with van der Waals surface area (Å²) in [5, 5.41) is 4.81. The van der Waals surface area contributed by atoms with Crippen molar-refractivity contribution in [2.75, 3.05) is 11.9 Å². The molecule has 0 fully saturated rings. The van der Waals surface area contributed by atoms with Crippen molar-refractivity contribution >= 4 is 17.5 Å². The molecular weight excluding hydrogens is 330 g/mol. The number of benzene rings is 2. The van der Waals surface area contributed by atoms with Crippen molar-refractivity contribution in [1.29, 1.82) is 0 Å². The topological polar surface area (TPSA) is 67.4 Å². The number of carbonyl (C=O) groups is 2. The number of hydrogen-bond donors (Lipinski definition) is 2. The minimum Gasteiger partial charge on any atom is -0.491 e. The Bertz CT molecular complexity index is 761. The molecule has 0 radical (unpaired) electrons. The molecule has 5 nitrogen and oxygen atoms in total. The minimum absolute atomic E-state index is 0.0275. The van der Waals surface area contributed by atoms with Crippen LogP contribution in [-0.4, -0.2) is 24.5 Å². The van der Waals surface area contributed by atoms with Crippen LogP contribution in [0, 0.1) is 11.6 Å². The van der Waals surface area contributed by atoms with E-state index in [2.05, 4.69) is 10.6 Å². The predicted octanol–water partition coefficient (Wildman–Crippen LogP) is 3.12. The number of halogens is 2. The molecule has 0 saturated carbocycles. The smallest absolute Gasteiger partial charge is 0.251 e. The highest BCUT2D eigenvalue weighted by atomic mass is 19.2. The van der Waals surface area contributed by atoms with Crippen molar-refractivity contribution in [2.24, 2.45) is 0 Å². The van der Waals surface area contributed by atoms with E-state index >= 15 is 0 Å². The summed E-state index contributed by atoms with van der Waals surface area (Å²) < 4.78 is 31.4. The summed E-state index contributed by atoms with van der Waals surface area (Å²) in [4.78, 5) is 23.8. The molecule has 2 rings (SSSR count). The van der Waals surface area contributed by atoms with E-state index in [0.717, 1.165) is 12.1 Å². The lowest BCUT2D eigenvalue weighted by atomic mass is 10.2. The first-order valence-corrected chi connectivity index (χ1v) is 7.65. The lowest BCUT2D eigenvalue weighted by Crippen LogP contribution is -2.32. The summed E-state index contributed by atoms with van der Waals surface area (Å²) in [6.45, 7) is 3.49. The molecule has 0 saturated heterocycles. The highest BCUT2D eigenvalue weighted by Crippen LogP contribution is 2.14. The maximum absolute atomic E-state index is 13.1. The number of hydrogen-bond acceptors (Lipinski definition) is 3. The van der Waals surface area contributed by atoms with Crippen LogP contribution in [0.25, 0.3) is 0 Å². The fraction of sp³-hybridized carbons (Fsp3) is 0.222. The van der Waals surface area contributed by atoms with Gasteiger partial charge in [0.1, 0.15) is 5.75 Å². The van der Waals surface area contributed by atoms with E-state index in [0.29, 0.717) is 11.3 Å². The number of rotatable bonds is 6. The van der Waals surface area contributed by atoms with Crippen LogP contribution in [0.2, 0.25) is 0 Å². The number of ether oxygens (including phenoxy) is 1. The molecule has 2 aromatic rings. The zero-order valence-electron chi connectivity index (χ0n) is 13.8. The Labute approximate surface area is 144 Å². The summed E-state index contributed by atoms with van der Waals surface area (Å²) in [6.07, 6.45) is 0.0275. The average molecular weight is 348 g/mol. The second-order valence-corrected chi connectivity index (χ2v) is 5.55. The van der Waals surface area contributed by atoms with Gasteiger partial charge in [-0.3, -0.25) is 9.59 Å². The zero-order chi connectivity index (χ0) is 18.4. The summed E-state index contributed by atoms with van der Waals surface area (Å²) in [5.41, 5.74) is 0.477. The number of anilines is 1. The van der Waals surface area contributed by atoms with Gasteiger partial charge < -0.3 is 15.4 Å². The van der Waals surface area contributed by atoms with Crippen LogP contribution in [-0.2, 0) is 4.79 Å². The van der Waals surface area contributed by atoms with E-state index in [9.17, 15) is 18.4 Å². The van der Waals surface area contributed by atoms with E-state index in [1.807, 2.05) is 13.8 Å². The van der Waals surface area contributed by atoms with E-state index in [4.69, 9.17) is 4.74 Å². The third-order valence-corrected chi connectivity index (χ3v) is 3.10. The standard InChI is InChI=1S/C18H18F2N2O3/c1-11(2)25-14-6-3-12(4-7-14)18(24)21-10-17(23)22-13-5-8-15(19)16(20)9-13/h3-9,11H,10H2,1-2H3,(H,21,24)(H,22,23). The second-order valence-electron chi connectivity index (χ2n) is 5.55. The van der Waals surface area contributed by atoms with Crippen LogP contribution in [0.1, 0.15) is 24.2 Å². The Morgan fingerprint density at radius 1 is 1.04 bits per heavy atom. The van der Waals surface area contributed by atoms with Crippen LogP contribution in [0.4, 0.5) is 14.5 Å². The molecular formula is C18H18F2N2O3. The minimum atomic E-state index is -1.06. The third-order valence-electron chi connectivity index (χ3n) is 3.10. The Morgan fingerprint density at radius 3 is 2.32 bits per heavy atom. The fourth-order valence-corrected chi connectivity index (χ4v) is 2.00. The first-order chi connectivity index (χ1) is 11.8. The molecule has 0 aromatic heterocycles. The summed E-state index contributed by atoms with van der Waals surface area (Å²) in [7, 11) is 0. The van der Waals surface area contributed by atoms with Crippen LogP contribution in [0.3, 0.4) is 0 Å². The van der Waals surface area contributed by atoms with Crippen molar-refractivity contribution < 1.29 is 23.1 Å². The van der Waals surface area contributed by atoms with Gasteiger partial charge in [0.2, 0.25) is 5.91 Å². The lowest BCUT2D eigenvalue weighted by Gasteiger charge is -2.10. The van der Waals surface area contributed by atoms with Gasteiger partial charge in [0.05, 0.1) is 12.6 Å². The zero-order valence-corrected chi connectivity index (χ0v) is 13.8. The van der Waals surface area contributed by atoms with Gasteiger partial charge in [0.15, 0.2) is 11.6 Å². The first-order valence-electron chi connectivity index (χ1n) is 7.65. The Morgan fingerprint density at radius 2 is 1.72 bits per heavy atom. The van der Waals surface area contributed by atoms with E-state index in [-0.39, 0.29) is 18.3 Å². The Hall–Kier alpha value is -2.96. The maximum atomic E-state index is 13.1. The predicted molar refractivity (Wildman–Crippen MR) is 89.5 cm³/mol. The van der Waals surface area contributed by atoms with Gasteiger partial charge in [0.25, 0.3) is 5.91 Å². The highest BCUT2D eigenvalue weighted by molar-refractivity contribution is 5.99. The highest BCUT2D eigenvalue weighted by Gasteiger charge is 2.10. The lowest BCUT2D eigenvalue weighted by molar-refractivity contribution is -0.115. The van der Waals surface area contributed by atoms with E-state index in [1.54, 1.807) is 24.3 Å². The largest absolute Gasteiger partial charge is 0.491 e. The van der Waals surface area contributed by atoms with Gasteiger partial charge >= 0.3 is 0 Å². The van der Waals surface area contributed by atoms with Crippen LogP contribution < -0.4 is 15.4 Å². The maximum Gasteiger partial charge on any atom is 0.251 e. The molecule has 0 unspecified atom stereocenters. The SMILES string of the molecule is CC(C)Oc1ccc(C(=O)NCC(=O)Nc2ccc(F)c(F)c2)cc1. The van der Waals surface area contributed by atoms with E-state index in [1.165, 1.54) is 6.07 Å². The average Bonchev–Trinajstić information content (AvgIpc) is 2.56. The van der Waals surface area contributed by atoms with Gasteiger partial charge in [-0.1, -0.05) is 0 Å². The van der Waals surface area contributed by atoms with Crippen molar-refractivity contribution in [2.45, 2.75) is 20.0 Å². The Kier molecular flexibility index (Phi) is 6.05. The van der Waals surface area contributed by atoms with Crippen LogP contribution >= 0.6 is 0 Å². The Balaban J connectivity index is 1.86. The summed E-state index contributed by atoms with van der Waals surface area (Å²) >= 11 is 0. The van der Waals surface area contributed by atoms with Gasteiger partial charge in [0, 0.05) is 17.3 Å². The van der Waals surface area contributed by atoms with Crippen molar-refractivity contribution in [3.8, 4) is 5.75 Å². The van der Waals surface area contributed by atoms with Crippen LogP contribution in [0.5, 0.6) is 5.75 Å². The summed E-state index contributed by atoms with van der Waals surface area (Å²) in [5.74, 6) is -2.42. The quantitative estimate of drug-likeness (QED) is 0.843. The molecule has 0 atom stereocenters. The molecule has 0 spiro atoms. The molecule has 2 amide bonds. The van der Waals surface area contributed by atoms with Gasteiger partial charge in [-0.2, -0.15) is 0 Å². The number of carbonyl (C=O) groups excluding carboxylic acids is 2. The summed E-state index contributed by atoms with van der Waals surface area (Å²) in [6, 6.07) is 9.49.